The number of anilines is 1. The molecule has 11 nitrogen and oxygen atoms in total. The van der Waals surface area contributed by atoms with Gasteiger partial charge in [-0.3, -0.25) is 4.18 Å². The fourth-order valence-electron chi connectivity index (χ4n) is 3.05. The fraction of sp³-hybridized carbons (Fsp3) is 0.312. The van der Waals surface area contributed by atoms with Crippen LogP contribution in [0.2, 0.25) is 5.02 Å². The van der Waals surface area contributed by atoms with Crippen molar-refractivity contribution >= 4 is 50.5 Å². The second-order valence-corrected chi connectivity index (χ2v) is 9.20. The molecule has 0 amide bonds. The summed E-state index contributed by atoms with van der Waals surface area (Å²) in [5, 5.41) is 21.3. The minimum absolute atomic E-state index is 0.139. The maximum atomic E-state index is 11.0. The average molecular weight is 473 g/mol. The van der Waals surface area contributed by atoms with Gasteiger partial charge in [0, 0.05) is 16.3 Å². The van der Waals surface area contributed by atoms with Crippen molar-refractivity contribution in [2.75, 3.05) is 12.3 Å². The minimum atomic E-state index is -4.16. The summed E-state index contributed by atoms with van der Waals surface area (Å²) in [6.45, 7) is -0.420. The molecule has 4 rings (SSSR count). The molecular formula is C16H17ClN6O5S2. The molecule has 5 N–H and O–H groups in total. The first-order valence-electron chi connectivity index (χ1n) is 8.64. The smallest absolute Gasteiger partial charge is 0.333 e. The van der Waals surface area contributed by atoms with Gasteiger partial charge in [-0.2, -0.15) is 13.5 Å². The van der Waals surface area contributed by atoms with E-state index in [1.807, 2.05) is 12.1 Å². The number of ether oxygens (including phenoxy) is 1. The van der Waals surface area contributed by atoms with Crippen molar-refractivity contribution in [2.24, 2.45) is 5.14 Å². The third-order valence-electron chi connectivity index (χ3n) is 4.37. The van der Waals surface area contributed by atoms with Crippen molar-refractivity contribution in [3.8, 4) is 0 Å². The van der Waals surface area contributed by atoms with Crippen molar-refractivity contribution in [2.45, 2.75) is 34.8 Å². The molecule has 0 radical (unpaired) electrons. The lowest BCUT2D eigenvalue weighted by Crippen LogP contribution is -2.30. The maximum Gasteiger partial charge on any atom is 0.333 e. The maximum absolute atomic E-state index is 11.0. The van der Waals surface area contributed by atoms with Crippen LogP contribution in [0.5, 0.6) is 0 Å². The number of rotatable bonds is 6. The molecule has 1 aromatic carbocycles. The number of hydrogen-bond acceptors (Lipinski definition) is 10. The molecule has 0 bridgehead atoms. The van der Waals surface area contributed by atoms with Crippen LogP contribution in [0.4, 0.5) is 5.82 Å². The topological polar surface area (TPSA) is 168 Å². The average Bonchev–Trinajstić information content (AvgIpc) is 3.21. The normalized spacial score (nSPS) is 22.0. The number of aromatic nitrogens is 4. The second-order valence-electron chi connectivity index (χ2n) is 6.48. The molecule has 3 aromatic rings. The van der Waals surface area contributed by atoms with Gasteiger partial charge in [0.1, 0.15) is 23.3 Å². The van der Waals surface area contributed by atoms with Crippen molar-refractivity contribution in [1.82, 2.24) is 19.7 Å². The summed E-state index contributed by atoms with van der Waals surface area (Å²) in [7, 11) is -4.16. The number of aliphatic hydroxyl groups excluding tert-OH is 1. The number of benzene rings is 1. The molecular weight excluding hydrogens is 456 g/mol. The van der Waals surface area contributed by atoms with Crippen molar-refractivity contribution in [3.63, 3.8) is 0 Å². The molecule has 3 atom stereocenters. The van der Waals surface area contributed by atoms with Crippen LogP contribution in [-0.4, -0.2) is 52.1 Å². The molecule has 160 valence electrons. The molecule has 3 heterocycles. The van der Waals surface area contributed by atoms with Gasteiger partial charge in [0.2, 0.25) is 0 Å². The standard InChI is InChI=1S/C16H17ClN6O5S2/c17-8-2-1-3-9(4-8)29-16-13-14(18)20-7-21-15(13)23(22-16)12-5-10(24)11(28-12)6-27-30(19,25)26/h1-4,7,10-12,24H,5-6H2,(H2,18,20,21)(H2,19,25,26)/t10-,11+,12+/m0/s1. The summed E-state index contributed by atoms with van der Waals surface area (Å²) in [5.41, 5.74) is 6.48. The number of hydrogen-bond donors (Lipinski definition) is 3. The van der Waals surface area contributed by atoms with Gasteiger partial charge in [0.15, 0.2) is 11.9 Å². The van der Waals surface area contributed by atoms with Crippen LogP contribution >= 0.6 is 23.4 Å². The highest BCUT2D eigenvalue weighted by Crippen LogP contribution is 2.38. The zero-order chi connectivity index (χ0) is 21.5. The first-order chi connectivity index (χ1) is 14.2. The van der Waals surface area contributed by atoms with E-state index in [4.69, 9.17) is 27.2 Å². The molecule has 0 saturated carbocycles. The largest absolute Gasteiger partial charge is 0.390 e. The molecule has 1 saturated heterocycles. The zero-order valence-electron chi connectivity index (χ0n) is 15.3. The monoisotopic (exact) mass is 472 g/mol. The SMILES string of the molecule is Nc1ncnc2c1c(Sc1cccc(Cl)c1)nn2[C@H]1C[C@H](O)[C@@H](COS(N)(=O)=O)O1. The predicted octanol–water partition coefficient (Wildman–Crippen LogP) is 1.08. The van der Waals surface area contributed by atoms with Crippen LogP contribution in [0, 0.1) is 0 Å². The first kappa shape index (κ1) is 21.2. The van der Waals surface area contributed by atoms with Crippen LogP contribution in [0.15, 0.2) is 40.5 Å². The lowest BCUT2D eigenvalue weighted by molar-refractivity contribution is -0.0415. The Balaban J connectivity index is 1.66. The van der Waals surface area contributed by atoms with Gasteiger partial charge in [0.05, 0.1) is 18.1 Å². The third kappa shape index (κ3) is 4.51. The molecule has 2 aromatic heterocycles. The Labute approximate surface area is 180 Å². The second kappa shape index (κ2) is 8.26. The first-order valence-corrected chi connectivity index (χ1v) is 11.3. The molecule has 0 aliphatic carbocycles. The summed E-state index contributed by atoms with van der Waals surface area (Å²) >= 11 is 7.39. The summed E-state index contributed by atoms with van der Waals surface area (Å²) in [5.74, 6) is 0.239. The zero-order valence-corrected chi connectivity index (χ0v) is 17.6. The quantitative estimate of drug-likeness (QED) is 0.471. The Kier molecular flexibility index (Phi) is 5.85. The number of nitrogens with two attached hydrogens (primary N) is 2. The molecule has 1 fully saturated rings. The Hall–Kier alpha value is -2.00. The van der Waals surface area contributed by atoms with Crippen molar-refractivity contribution in [3.05, 3.63) is 35.6 Å². The highest BCUT2D eigenvalue weighted by atomic mass is 35.5. The number of aliphatic hydroxyl groups is 1. The summed E-state index contributed by atoms with van der Waals surface area (Å²) in [6, 6.07) is 7.24. The molecule has 0 spiro atoms. The summed E-state index contributed by atoms with van der Waals surface area (Å²) in [6.07, 6.45) is -1.17. The lowest BCUT2D eigenvalue weighted by Gasteiger charge is -2.14. The fourth-order valence-corrected chi connectivity index (χ4v) is 4.62. The van der Waals surface area contributed by atoms with E-state index in [-0.39, 0.29) is 12.2 Å². The Morgan fingerprint density at radius 1 is 1.40 bits per heavy atom. The Bertz CT molecular complexity index is 1190. The van der Waals surface area contributed by atoms with Crippen LogP contribution in [0.3, 0.4) is 0 Å². The summed E-state index contributed by atoms with van der Waals surface area (Å²) < 4.78 is 33.8. The Morgan fingerprint density at radius 2 is 2.20 bits per heavy atom. The molecule has 14 heteroatoms. The van der Waals surface area contributed by atoms with Gasteiger partial charge in [0.25, 0.3) is 0 Å². The van der Waals surface area contributed by atoms with Gasteiger partial charge in [-0.05, 0) is 18.2 Å². The number of halogens is 1. The van der Waals surface area contributed by atoms with Crippen LogP contribution in [-0.2, 0) is 19.2 Å². The molecule has 0 unspecified atom stereocenters. The van der Waals surface area contributed by atoms with E-state index < -0.39 is 35.3 Å². The van der Waals surface area contributed by atoms with E-state index in [2.05, 4.69) is 19.2 Å². The minimum Gasteiger partial charge on any atom is -0.390 e. The van der Waals surface area contributed by atoms with E-state index in [9.17, 15) is 13.5 Å². The van der Waals surface area contributed by atoms with Gasteiger partial charge in [-0.25, -0.2) is 19.8 Å². The van der Waals surface area contributed by atoms with E-state index in [1.54, 1.807) is 12.1 Å². The molecule has 30 heavy (non-hydrogen) atoms. The number of fused-ring (bicyclic) bond motifs is 1. The van der Waals surface area contributed by atoms with Crippen molar-refractivity contribution < 1.29 is 22.4 Å². The van der Waals surface area contributed by atoms with Gasteiger partial charge in [-0.1, -0.05) is 29.4 Å². The predicted molar refractivity (Wildman–Crippen MR) is 109 cm³/mol. The highest BCUT2D eigenvalue weighted by Gasteiger charge is 2.38. The highest BCUT2D eigenvalue weighted by molar-refractivity contribution is 7.99. The van der Waals surface area contributed by atoms with Crippen LogP contribution in [0.25, 0.3) is 11.0 Å². The summed E-state index contributed by atoms with van der Waals surface area (Å²) in [4.78, 5) is 9.14. The van der Waals surface area contributed by atoms with Gasteiger partial charge in [-0.15, -0.1) is 0 Å². The Morgan fingerprint density at radius 3 is 2.93 bits per heavy atom. The molecule has 1 aliphatic heterocycles. The lowest BCUT2D eigenvalue weighted by atomic mass is 10.2. The van der Waals surface area contributed by atoms with Crippen LogP contribution < -0.4 is 10.9 Å². The van der Waals surface area contributed by atoms with E-state index in [0.717, 1.165) is 4.90 Å². The van der Waals surface area contributed by atoms with Gasteiger partial charge < -0.3 is 15.6 Å². The van der Waals surface area contributed by atoms with Gasteiger partial charge >= 0.3 is 10.3 Å². The van der Waals surface area contributed by atoms with E-state index >= 15 is 0 Å². The van der Waals surface area contributed by atoms with Crippen LogP contribution in [0.1, 0.15) is 12.6 Å². The number of nitrogen functional groups attached to an aromatic ring is 1. The van der Waals surface area contributed by atoms with E-state index in [0.29, 0.717) is 21.1 Å². The molecule has 1 aliphatic rings. The third-order valence-corrected chi connectivity index (χ3v) is 6.04. The van der Waals surface area contributed by atoms with E-state index in [1.165, 1.54) is 22.8 Å². The van der Waals surface area contributed by atoms with Crippen molar-refractivity contribution in [1.29, 1.82) is 0 Å². The number of nitrogens with zero attached hydrogens (tertiary/aromatic N) is 4.